The summed E-state index contributed by atoms with van der Waals surface area (Å²) in [6.45, 7) is 7.55. The van der Waals surface area contributed by atoms with E-state index in [4.69, 9.17) is 5.73 Å². The Morgan fingerprint density at radius 2 is 2.20 bits per heavy atom. The second kappa shape index (κ2) is 5.85. The highest BCUT2D eigenvalue weighted by molar-refractivity contribution is 7.09. The monoisotopic (exact) mass is 292 g/mol. The lowest BCUT2D eigenvalue weighted by molar-refractivity contribution is 0.0988. The second-order valence-electron chi connectivity index (χ2n) is 5.76. The molecule has 20 heavy (non-hydrogen) atoms. The molecule has 0 unspecified atom stereocenters. The van der Waals surface area contributed by atoms with Gasteiger partial charge in [0.15, 0.2) is 5.78 Å². The Hall–Kier alpha value is -1.53. The van der Waals surface area contributed by atoms with Crippen LogP contribution < -0.4 is 5.73 Å². The number of rotatable bonds is 5. The Kier molecular flexibility index (Phi) is 4.35. The minimum absolute atomic E-state index is 0.00409. The molecule has 0 saturated heterocycles. The first-order valence-electron chi connectivity index (χ1n) is 6.60. The third-order valence-electron chi connectivity index (χ3n) is 2.94. The fourth-order valence-corrected chi connectivity index (χ4v) is 2.76. The lowest BCUT2D eigenvalue weighted by Crippen LogP contribution is -2.12. The van der Waals surface area contributed by atoms with Crippen molar-refractivity contribution in [3.8, 4) is 0 Å². The van der Waals surface area contributed by atoms with Gasteiger partial charge in [0, 0.05) is 30.1 Å². The molecule has 0 aliphatic heterocycles. The number of carbonyl (C=O) groups is 1. The van der Waals surface area contributed by atoms with Crippen LogP contribution in [0.1, 0.15) is 42.0 Å². The van der Waals surface area contributed by atoms with Crippen LogP contribution in [0.25, 0.3) is 0 Å². The zero-order valence-electron chi connectivity index (χ0n) is 12.1. The third kappa shape index (κ3) is 3.52. The van der Waals surface area contributed by atoms with Crippen LogP contribution in [0.3, 0.4) is 0 Å². The maximum atomic E-state index is 12.2. The van der Waals surface area contributed by atoms with E-state index in [0.717, 1.165) is 10.7 Å². The van der Waals surface area contributed by atoms with Gasteiger partial charge in [-0.15, -0.1) is 11.3 Å². The maximum Gasteiger partial charge on any atom is 0.189 e. The zero-order chi connectivity index (χ0) is 14.8. The van der Waals surface area contributed by atoms with Crippen LogP contribution in [0.2, 0.25) is 0 Å². The smallest absolute Gasteiger partial charge is 0.189 e. The first-order valence-corrected chi connectivity index (χ1v) is 7.48. The van der Waals surface area contributed by atoms with E-state index in [9.17, 15) is 4.79 Å². The number of nitrogens with zero attached hydrogens (tertiary/aromatic N) is 3. The Labute approximate surface area is 122 Å². The lowest BCUT2D eigenvalue weighted by atomic mass is 9.93. The molecule has 6 heteroatoms. The summed E-state index contributed by atoms with van der Waals surface area (Å²) in [6.07, 6.45) is 3.69. The number of hydrogen-bond acceptors (Lipinski definition) is 5. The molecule has 2 aromatic heterocycles. The summed E-state index contributed by atoms with van der Waals surface area (Å²) in [5, 5.41) is 2.86. The Balaban J connectivity index is 2.05. The number of imidazole rings is 1. The largest absolute Gasteiger partial charge is 0.335 e. The normalized spacial score (nSPS) is 11.8. The Morgan fingerprint density at radius 3 is 2.80 bits per heavy atom. The molecule has 2 heterocycles. The van der Waals surface area contributed by atoms with Crippen LogP contribution in [0.15, 0.2) is 17.9 Å². The number of hydrogen-bond donors (Lipinski definition) is 1. The number of Topliss-reactive ketones (excluding diaryl/α,β-unsaturated/α-hetero) is 1. The van der Waals surface area contributed by atoms with Crippen LogP contribution >= 0.6 is 11.3 Å². The topological polar surface area (TPSA) is 73.8 Å². The van der Waals surface area contributed by atoms with Crippen molar-refractivity contribution in [3.05, 3.63) is 34.3 Å². The third-order valence-corrected chi connectivity index (χ3v) is 3.79. The first kappa shape index (κ1) is 14.9. The molecule has 0 spiro atoms. The van der Waals surface area contributed by atoms with Gasteiger partial charge in [0.1, 0.15) is 10.7 Å². The zero-order valence-corrected chi connectivity index (χ0v) is 12.9. The molecule has 0 fully saturated rings. The van der Waals surface area contributed by atoms with Gasteiger partial charge in [-0.1, -0.05) is 20.8 Å². The average molecular weight is 292 g/mol. The number of nitrogens with two attached hydrogens (primary N) is 1. The van der Waals surface area contributed by atoms with Gasteiger partial charge in [0.2, 0.25) is 0 Å². The van der Waals surface area contributed by atoms with Crippen molar-refractivity contribution in [1.29, 1.82) is 0 Å². The van der Waals surface area contributed by atoms with Crippen LogP contribution in [-0.4, -0.2) is 26.9 Å². The predicted octanol–water partition coefficient (Wildman–Crippen LogP) is 2.02. The molecular formula is C14H20N4OS. The molecule has 0 aromatic carbocycles. The van der Waals surface area contributed by atoms with Crippen LogP contribution in [-0.2, 0) is 18.4 Å². The quantitative estimate of drug-likeness (QED) is 0.856. The summed E-state index contributed by atoms with van der Waals surface area (Å²) in [5.74, 6) is -0.00409. The van der Waals surface area contributed by atoms with Gasteiger partial charge in [-0.05, 0) is 0 Å². The van der Waals surface area contributed by atoms with E-state index < -0.39 is 0 Å². The van der Waals surface area contributed by atoms with Crippen molar-refractivity contribution < 1.29 is 4.79 Å². The molecular weight excluding hydrogens is 272 g/mol. The van der Waals surface area contributed by atoms with Crippen molar-refractivity contribution in [2.24, 2.45) is 5.73 Å². The molecule has 0 amide bonds. The summed E-state index contributed by atoms with van der Waals surface area (Å²) >= 11 is 1.53. The van der Waals surface area contributed by atoms with Gasteiger partial charge in [-0.2, -0.15) is 0 Å². The van der Waals surface area contributed by atoms with Crippen LogP contribution in [0.5, 0.6) is 0 Å². The van der Waals surface area contributed by atoms with Crippen molar-refractivity contribution in [3.63, 3.8) is 0 Å². The van der Waals surface area contributed by atoms with E-state index >= 15 is 0 Å². The summed E-state index contributed by atoms with van der Waals surface area (Å²) in [7, 11) is 0. The predicted molar refractivity (Wildman–Crippen MR) is 80.1 cm³/mol. The highest BCUT2D eigenvalue weighted by Crippen LogP contribution is 2.24. The fourth-order valence-electron chi connectivity index (χ4n) is 1.74. The van der Waals surface area contributed by atoms with Gasteiger partial charge in [0.25, 0.3) is 0 Å². The molecule has 0 atom stereocenters. The minimum Gasteiger partial charge on any atom is -0.335 e. The standard InChI is InChI=1S/C14H20N4OS/c1-14(2,3)12-8-20-13(17-12)6-11(19)10-7-18(5-4-15)9-16-10/h7-9H,4-6,15H2,1-3H3. The minimum atomic E-state index is -0.00409. The van der Waals surface area contributed by atoms with Gasteiger partial charge in [0.05, 0.1) is 18.4 Å². The maximum absolute atomic E-state index is 12.2. The van der Waals surface area contributed by atoms with Crippen molar-refractivity contribution >= 4 is 17.1 Å². The molecule has 2 N–H and O–H groups in total. The van der Waals surface area contributed by atoms with E-state index in [2.05, 4.69) is 30.7 Å². The highest BCUT2D eigenvalue weighted by Gasteiger charge is 2.19. The Morgan fingerprint density at radius 1 is 1.45 bits per heavy atom. The van der Waals surface area contributed by atoms with Gasteiger partial charge < -0.3 is 10.3 Å². The van der Waals surface area contributed by atoms with Crippen molar-refractivity contribution in [2.75, 3.05) is 6.54 Å². The first-order chi connectivity index (χ1) is 9.40. The molecule has 0 aliphatic rings. The van der Waals surface area contributed by atoms with E-state index in [1.54, 1.807) is 12.5 Å². The van der Waals surface area contributed by atoms with Gasteiger partial charge in [-0.25, -0.2) is 9.97 Å². The van der Waals surface area contributed by atoms with Gasteiger partial charge in [-0.3, -0.25) is 4.79 Å². The molecule has 0 bridgehead atoms. The number of carbonyl (C=O) groups excluding carboxylic acids is 1. The highest BCUT2D eigenvalue weighted by atomic mass is 32.1. The van der Waals surface area contributed by atoms with Gasteiger partial charge >= 0.3 is 0 Å². The molecule has 2 aromatic rings. The van der Waals surface area contributed by atoms with Crippen molar-refractivity contribution in [2.45, 2.75) is 39.2 Å². The van der Waals surface area contributed by atoms with Crippen LogP contribution in [0.4, 0.5) is 0 Å². The fraction of sp³-hybridized carbons (Fsp3) is 0.500. The lowest BCUT2D eigenvalue weighted by Gasteiger charge is -2.14. The van der Waals surface area contributed by atoms with Crippen molar-refractivity contribution in [1.82, 2.24) is 14.5 Å². The molecule has 2 rings (SSSR count). The van der Waals surface area contributed by atoms with Crippen LogP contribution in [0, 0.1) is 0 Å². The van der Waals surface area contributed by atoms with E-state index in [1.807, 2.05) is 9.95 Å². The molecule has 108 valence electrons. The second-order valence-corrected chi connectivity index (χ2v) is 6.70. The van der Waals surface area contributed by atoms with E-state index in [-0.39, 0.29) is 11.2 Å². The van der Waals surface area contributed by atoms with E-state index in [1.165, 1.54) is 11.3 Å². The number of ketones is 1. The number of thiazole rings is 1. The molecule has 0 saturated carbocycles. The summed E-state index contributed by atoms with van der Waals surface area (Å²) < 4.78 is 1.83. The summed E-state index contributed by atoms with van der Waals surface area (Å²) in [6, 6.07) is 0. The molecule has 5 nitrogen and oxygen atoms in total. The molecule has 0 radical (unpaired) electrons. The number of aromatic nitrogens is 3. The summed E-state index contributed by atoms with van der Waals surface area (Å²) in [5.41, 5.74) is 6.99. The Bertz CT molecular complexity index is 594. The SMILES string of the molecule is CC(C)(C)c1csc(CC(=O)c2cn(CCN)cn2)n1. The van der Waals surface area contributed by atoms with E-state index in [0.29, 0.717) is 25.2 Å². The summed E-state index contributed by atoms with van der Waals surface area (Å²) in [4.78, 5) is 20.8. The average Bonchev–Trinajstić information content (AvgIpc) is 2.97. The molecule has 0 aliphatic carbocycles.